The summed E-state index contributed by atoms with van der Waals surface area (Å²) in [6.45, 7) is 1.86. The zero-order valence-electron chi connectivity index (χ0n) is 12.6. The summed E-state index contributed by atoms with van der Waals surface area (Å²) >= 11 is 0. The summed E-state index contributed by atoms with van der Waals surface area (Å²) in [6.07, 6.45) is 1.37. The van der Waals surface area contributed by atoms with Crippen LogP contribution in [0.5, 0.6) is 0 Å². The van der Waals surface area contributed by atoms with Crippen LogP contribution in [0.2, 0.25) is 0 Å². The molecule has 5 heteroatoms. The van der Waals surface area contributed by atoms with Crippen LogP contribution in [0.3, 0.4) is 0 Å². The Morgan fingerprint density at radius 2 is 2.14 bits per heavy atom. The van der Waals surface area contributed by atoms with Gasteiger partial charge >= 0.3 is 0 Å². The topological polar surface area (TPSA) is 88.2 Å². The molecule has 5 nitrogen and oxygen atoms in total. The van der Waals surface area contributed by atoms with Gasteiger partial charge in [-0.15, -0.1) is 0 Å². The lowest BCUT2D eigenvalue weighted by Gasteiger charge is -2.15. The quantitative estimate of drug-likeness (QED) is 0.745. The summed E-state index contributed by atoms with van der Waals surface area (Å²) in [5.74, 6) is -0.116. The molecular formula is C17H21N3O2. The fourth-order valence-electron chi connectivity index (χ4n) is 2.02. The molecule has 1 unspecified atom stereocenters. The Bertz CT molecular complexity index is 614. The summed E-state index contributed by atoms with van der Waals surface area (Å²) in [5.41, 5.74) is 8.45. The molecule has 0 spiro atoms. The molecule has 2 aromatic rings. The molecule has 1 heterocycles. The molecule has 0 aliphatic carbocycles. The number of hydrogen-bond donors (Lipinski definition) is 3. The minimum absolute atomic E-state index is 0.116. The monoisotopic (exact) mass is 299 g/mol. The highest BCUT2D eigenvalue weighted by atomic mass is 16.3. The van der Waals surface area contributed by atoms with E-state index in [-0.39, 0.29) is 18.9 Å². The summed E-state index contributed by atoms with van der Waals surface area (Å²) in [6, 6.07) is 13.0. The van der Waals surface area contributed by atoms with Crippen molar-refractivity contribution in [2.75, 3.05) is 6.54 Å². The third-order valence-corrected chi connectivity index (χ3v) is 3.41. The summed E-state index contributed by atoms with van der Waals surface area (Å²) in [5, 5.41) is 12.0. The van der Waals surface area contributed by atoms with Crippen molar-refractivity contribution in [3.63, 3.8) is 0 Å². The lowest BCUT2D eigenvalue weighted by molar-refractivity contribution is -0.120. The maximum atomic E-state index is 11.9. The fraction of sp³-hybridized carbons (Fsp3) is 0.294. The Balaban J connectivity index is 1.97. The molecule has 0 bridgehead atoms. The van der Waals surface area contributed by atoms with Gasteiger partial charge in [0.2, 0.25) is 5.91 Å². The second-order valence-electron chi connectivity index (χ2n) is 5.30. The molecule has 0 radical (unpaired) electrons. The van der Waals surface area contributed by atoms with E-state index in [0.717, 1.165) is 16.8 Å². The van der Waals surface area contributed by atoms with Crippen LogP contribution in [0.25, 0.3) is 11.3 Å². The number of benzene rings is 1. The maximum absolute atomic E-state index is 11.9. The lowest BCUT2D eigenvalue weighted by atomic mass is 10.1. The van der Waals surface area contributed by atoms with Gasteiger partial charge in [-0.05, 0) is 30.7 Å². The van der Waals surface area contributed by atoms with E-state index < -0.39 is 12.1 Å². The molecule has 116 valence electrons. The van der Waals surface area contributed by atoms with Crippen LogP contribution in [0.15, 0.2) is 48.7 Å². The Morgan fingerprint density at radius 1 is 1.32 bits per heavy atom. The number of aliphatic hydroxyl groups is 1. The van der Waals surface area contributed by atoms with Gasteiger partial charge in [0.1, 0.15) is 0 Å². The molecule has 4 N–H and O–H groups in total. The van der Waals surface area contributed by atoms with Gasteiger partial charge in [0.25, 0.3) is 0 Å². The standard InChI is InChI=1S/C17H21N3O2/c1-12(21)15(18)11-20-17(22)10-13-5-4-6-14(9-13)16-7-2-3-8-19-16/h2-9,12,15,21H,10-11,18H2,1H3,(H,20,22)/t12?,15-/m0/s1. The van der Waals surface area contributed by atoms with Crippen LogP contribution < -0.4 is 11.1 Å². The van der Waals surface area contributed by atoms with Crippen LogP contribution in [0.4, 0.5) is 0 Å². The third kappa shape index (κ3) is 4.65. The normalized spacial score (nSPS) is 13.4. The Kier molecular flexibility index (Phi) is 5.63. The summed E-state index contributed by atoms with van der Waals surface area (Å²) in [7, 11) is 0. The van der Waals surface area contributed by atoms with E-state index in [2.05, 4.69) is 10.3 Å². The molecule has 0 aliphatic heterocycles. The molecule has 1 aromatic carbocycles. The molecule has 1 aromatic heterocycles. The van der Waals surface area contributed by atoms with E-state index >= 15 is 0 Å². The molecule has 0 saturated carbocycles. The van der Waals surface area contributed by atoms with Gasteiger partial charge in [0, 0.05) is 24.3 Å². The number of nitrogens with two attached hydrogens (primary N) is 1. The number of amides is 1. The minimum atomic E-state index is -0.646. The van der Waals surface area contributed by atoms with Crippen LogP contribution in [-0.2, 0) is 11.2 Å². The van der Waals surface area contributed by atoms with Crippen LogP contribution in [-0.4, -0.2) is 34.7 Å². The van der Waals surface area contributed by atoms with E-state index in [1.807, 2.05) is 42.5 Å². The van der Waals surface area contributed by atoms with Crippen molar-refractivity contribution in [3.8, 4) is 11.3 Å². The highest BCUT2D eigenvalue weighted by molar-refractivity contribution is 5.79. The first-order chi connectivity index (χ1) is 10.6. The Labute approximate surface area is 130 Å². The van der Waals surface area contributed by atoms with E-state index in [4.69, 9.17) is 5.73 Å². The molecule has 0 saturated heterocycles. The van der Waals surface area contributed by atoms with Crippen LogP contribution >= 0.6 is 0 Å². The second kappa shape index (κ2) is 7.68. The predicted molar refractivity (Wildman–Crippen MR) is 86.0 cm³/mol. The first kappa shape index (κ1) is 16.1. The van der Waals surface area contributed by atoms with E-state index in [0.29, 0.717) is 0 Å². The largest absolute Gasteiger partial charge is 0.392 e. The highest BCUT2D eigenvalue weighted by Crippen LogP contribution is 2.17. The molecule has 22 heavy (non-hydrogen) atoms. The average Bonchev–Trinajstić information content (AvgIpc) is 2.53. The molecule has 1 amide bonds. The first-order valence-corrected chi connectivity index (χ1v) is 7.27. The number of pyridine rings is 1. The van der Waals surface area contributed by atoms with Crippen molar-refractivity contribution in [2.45, 2.75) is 25.5 Å². The minimum Gasteiger partial charge on any atom is -0.392 e. The van der Waals surface area contributed by atoms with E-state index in [9.17, 15) is 9.90 Å². The number of aromatic nitrogens is 1. The van der Waals surface area contributed by atoms with Crippen molar-refractivity contribution in [1.29, 1.82) is 0 Å². The predicted octanol–water partition coefficient (Wildman–Crippen LogP) is 1.12. The fourth-order valence-corrected chi connectivity index (χ4v) is 2.02. The molecule has 0 aliphatic rings. The van der Waals surface area contributed by atoms with Gasteiger partial charge < -0.3 is 16.2 Å². The van der Waals surface area contributed by atoms with Gasteiger partial charge in [0.05, 0.1) is 18.2 Å². The average molecular weight is 299 g/mol. The van der Waals surface area contributed by atoms with Gasteiger partial charge in [-0.1, -0.05) is 24.3 Å². The zero-order valence-corrected chi connectivity index (χ0v) is 12.6. The van der Waals surface area contributed by atoms with Gasteiger partial charge in [-0.3, -0.25) is 9.78 Å². The number of aliphatic hydroxyl groups excluding tert-OH is 1. The Morgan fingerprint density at radius 3 is 2.82 bits per heavy atom. The smallest absolute Gasteiger partial charge is 0.224 e. The molecule has 0 fully saturated rings. The number of carbonyl (C=O) groups is 1. The number of nitrogens with one attached hydrogen (secondary N) is 1. The highest BCUT2D eigenvalue weighted by Gasteiger charge is 2.11. The van der Waals surface area contributed by atoms with Gasteiger partial charge in [0.15, 0.2) is 0 Å². The number of hydrogen-bond acceptors (Lipinski definition) is 4. The van der Waals surface area contributed by atoms with Crippen molar-refractivity contribution in [2.24, 2.45) is 5.73 Å². The van der Waals surface area contributed by atoms with Gasteiger partial charge in [-0.2, -0.15) is 0 Å². The second-order valence-corrected chi connectivity index (χ2v) is 5.30. The van der Waals surface area contributed by atoms with E-state index in [1.54, 1.807) is 13.1 Å². The van der Waals surface area contributed by atoms with Crippen LogP contribution in [0.1, 0.15) is 12.5 Å². The van der Waals surface area contributed by atoms with Crippen molar-refractivity contribution < 1.29 is 9.90 Å². The van der Waals surface area contributed by atoms with Crippen LogP contribution in [0, 0.1) is 0 Å². The maximum Gasteiger partial charge on any atom is 0.224 e. The third-order valence-electron chi connectivity index (χ3n) is 3.41. The summed E-state index contributed by atoms with van der Waals surface area (Å²) < 4.78 is 0. The lowest BCUT2D eigenvalue weighted by Crippen LogP contribution is -2.44. The zero-order chi connectivity index (χ0) is 15.9. The first-order valence-electron chi connectivity index (χ1n) is 7.27. The summed E-state index contributed by atoms with van der Waals surface area (Å²) in [4.78, 5) is 16.2. The van der Waals surface area contributed by atoms with Crippen molar-refractivity contribution in [3.05, 3.63) is 54.2 Å². The van der Waals surface area contributed by atoms with Crippen molar-refractivity contribution >= 4 is 5.91 Å². The van der Waals surface area contributed by atoms with Crippen molar-refractivity contribution in [1.82, 2.24) is 10.3 Å². The molecule has 2 atom stereocenters. The SMILES string of the molecule is CC(O)[C@@H](N)CNC(=O)Cc1cccc(-c2ccccn2)c1. The van der Waals surface area contributed by atoms with E-state index in [1.165, 1.54) is 0 Å². The number of carbonyl (C=O) groups excluding carboxylic acids is 1. The number of nitrogens with zero attached hydrogens (tertiary/aromatic N) is 1. The molecular weight excluding hydrogens is 278 g/mol. The Hall–Kier alpha value is -2.24. The van der Waals surface area contributed by atoms with Gasteiger partial charge in [-0.25, -0.2) is 0 Å². The number of rotatable bonds is 6. The molecule has 2 rings (SSSR count).